The number of likely N-dealkylation sites (tertiary alicyclic amines) is 1. The van der Waals surface area contributed by atoms with E-state index >= 15 is 0 Å². The summed E-state index contributed by atoms with van der Waals surface area (Å²) in [6.07, 6.45) is 9.33. The number of piperidine rings is 1. The Morgan fingerprint density at radius 2 is 2.21 bits per heavy atom. The van der Waals surface area contributed by atoms with Gasteiger partial charge in [0.25, 0.3) is 5.91 Å². The molecule has 1 saturated carbocycles. The van der Waals surface area contributed by atoms with Crippen LogP contribution in [0.15, 0.2) is 35.4 Å². The van der Waals surface area contributed by atoms with Crippen molar-refractivity contribution in [2.75, 3.05) is 13.1 Å². The predicted octanol–water partition coefficient (Wildman–Crippen LogP) is 2.71. The van der Waals surface area contributed by atoms with Gasteiger partial charge in [-0.05, 0) is 66.6 Å². The number of nitrogens with one attached hydrogen (secondary N) is 1. The average Bonchev–Trinajstić information content (AvgIpc) is 3.13. The minimum Gasteiger partial charge on any atom is -0.347 e. The predicted molar refractivity (Wildman–Crippen MR) is 93.8 cm³/mol. The van der Waals surface area contributed by atoms with E-state index in [0.29, 0.717) is 11.1 Å². The molecule has 24 heavy (non-hydrogen) atoms. The Morgan fingerprint density at radius 3 is 2.83 bits per heavy atom. The lowest BCUT2D eigenvalue weighted by molar-refractivity contribution is -0.00716. The minimum atomic E-state index is -0.0899. The third-order valence-electron chi connectivity index (χ3n) is 5.61. The summed E-state index contributed by atoms with van der Waals surface area (Å²) >= 11 is 1.76. The van der Waals surface area contributed by atoms with Crippen molar-refractivity contribution in [1.29, 1.82) is 0 Å². The summed E-state index contributed by atoms with van der Waals surface area (Å²) in [5.74, 6) is -0.0899. The van der Waals surface area contributed by atoms with Gasteiger partial charge in [-0.3, -0.25) is 14.7 Å². The van der Waals surface area contributed by atoms with E-state index in [9.17, 15) is 4.79 Å². The Bertz CT molecular complexity index is 680. The highest BCUT2D eigenvalue weighted by Gasteiger charge is 2.48. The standard InChI is InChI=1S/C18H22N4OS/c23-17(15-11-19-6-7-20-15)21-16-1-3-18(16)4-8-22(9-5-18)12-14-2-10-24-13-14/h2,6-7,10-11,13,16H,1,3-5,8-9,12H2,(H,21,23)/t16-/m1/s1. The van der Waals surface area contributed by atoms with Crippen LogP contribution in [-0.2, 0) is 6.54 Å². The van der Waals surface area contributed by atoms with Crippen molar-refractivity contribution in [3.05, 3.63) is 46.7 Å². The summed E-state index contributed by atoms with van der Waals surface area (Å²) < 4.78 is 0. The lowest BCUT2D eigenvalue weighted by Gasteiger charge is -2.54. The Morgan fingerprint density at radius 1 is 1.33 bits per heavy atom. The van der Waals surface area contributed by atoms with Crippen LogP contribution in [0.4, 0.5) is 0 Å². The molecule has 2 fully saturated rings. The number of hydrogen-bond donors (Lipinski definition) is 1. The molecule has 0 bridgehead atoms. The average molecular weight is 342 g/mol. The summed E-state index contributed by atoms with van der Waals surface area (Å²) in [6, 6.07) is 2.50. The van der Waals surface area contributed by atoms with E-state index in [4.69, 9.17) is 0 Å². The molecule has 1 aliphatic carbocycles. The maximum atomic E-state index is 12.3. The van der Waals surface area contributed by atoms with E-state index in [1.807, 2.05) is 0 Å². The summed E-state index contributed by atoms with van der Waals surface area (Å²) in [6.45, 7) is 3.29. The molecule has 1 aliphatic heterocycles. The number of aromatic nitrogens is 2. The third kappa shape index (κ3) is 3.08. The van der Waals surface area contributed by atoms with Crippen LogP contribution in [0.25, 0.3) is 0 Å². The van der Waals surface area contributed by atoms with E-state index in [1.165, 1.54) is 31.0 Å². The zero-order chi connectivity index (χ0) is 16.4. The van der Waals surface area contributed by atoms with E-state index in [-0.39, 0.29) is 11.9 Å². The fourth-order valence-electron chi connectivity index (χ4n) is 3.97. The topological polar surface area (TPSA) is 58.1 Å². The van der Waals surface area contributed by atoms with Gasteiger partial charge >= 0.3 is 0 Å². The van der Waals surface area contributed by atoms with Gasteiger partial charge in [-0.15, -0.1) is 0 Å². The number of carbonyl (C=O) groups excluding carboxylic acids is 1. The molecule has 1 saturated heterocycles. The minimum absolute atomic E-state index is 0.0899. The molecule has 0 unspecified atom stereocenters. The largest absolute Gasteiger partial charge is 0.347 e. The van der Waals surface area contributed by atoms with Crippen LogP contribution in [-0.4, -0.2) is 39.9 Å². The highest BCUT2D eigenvalue weighted by Crippen LogP contribution is 2.49. The Balaban J connectivity index is 1.33. The van der Waals surface area contributed by atoms with Crippen molar-refractivity contribution in [1.82, 2.24) is 20.2 Å². The first-order valence-electron chi connectivity index (χ1n) is 8.55. The molecular formula is C18H22N4OS. The van der Waals surface area contributed by atoms with Crippen LogP contribution in [0.2, 0.25) is 0 Å². The molecule has 1 N–H and O–H groups in total. The van der Waals surface area contributed by atoms with E-state index in [1.54, 1.807) is 23.7 Å². The molecule has 1 spiro atoms. The molecule has 0 radical (unpaired) electrons. The number of rotatable bonds is 4. The van der Waals surface area contributed by atoms with Crippen molar-refractivity contribution >= 4 is 17.2 Å². The molecule has 126 valence electrons. The molecule has 1 atom stereocenters. The Hall–Kier alpha value is -1.79. The summed E-state index contributed by atoms with van der Waals surface area (Å²) in [5.41, 5.74) is 2.12. The maximum absolute atomic E-state index is 12.3. The fraction of sp³-hybridized carbons (Fsp3) is 0.500. The van der Waals surface area contributed by atoms with Crippen molar-refractivity contribution in [2.24, 2.45) is 5.41 Å². The smallest absolute Gasteiger partial charge is 0.271 e. The van der Waals surface area contributed by atoms with E-state index in [2.05, 4.69) is 37.0 Å². The Kier molecular flexibility index (Phi) is 4.33. The summed E-state index contributed by atoms with van der Waals surface area (Å²) in [7, 11) is 0. The van der Waals surface area contributed by atoms with Gasteiger partial charge in [0, 0.05) is 25.0 Å². The van der Waals surface area contributed by atoms with E-state index < -0.39 is 0 Å². The second-order valence-corrected chi connectivity index (χ2v) is 7.71. The SMILES string of the molecule is O=C(N[C@@H]1CCC12CCN(Cc1ccsc1)CC2)c1cnccn1. The second kappa shape index (κ2) is 6.61. The first-order valence-corrected chi connectivity index (χ1v) is 9.50. The molecule has 5 nitrogen and oxygen atoms in total. The van der Waals surface area contributed by atoms with Gasteiger partial charge in [0.15, 0.2) is 0 Å². The van der Waals surface area contributed by atoms with Crippen LogP contribution < -0.4 is 5.32 Å². The third-order valence-corrected chi connectivity index (χ3v) is 6.34. The lowest BCUT2D eigenvalue weighted by atomic mass is 9.59. The highest BCUT2D eigenvalue weighted by molar-refractivity contribution is 7.07. The van der Waals surface area contributed by atoms with Gasteiger partial charge in [-0.1, -0.05) is 0 Å². The van der Waals surface area contributed by atoms with Crippen LogP contribution in [0, 0.1) is 5.41 Å². The number of thiophene rings is 1. The normalized spacial score (nSPS) is 22.9. The zero-order valence-electron chi connectivity index (χ0n) is 13.6. The number of amides is 1. The van der Waals surface area contributed by atoms with Gasteiger partial charge in [-0.25, -0.2) is 4.98 Å². The van der Waals surface area contributed by atoms with Crippen molar-refractivity contribution < 1.29 is 4.79 Å². The van der Waals surface area contributed by atoms with Gasteiger partial charge in [0.1, 0.15) is 5.69 Å². The van der Waals surface area contributed by atoms with Gasteiger partial charge in [0.2, 0.25) is 0 Å². The van der Waals surface area contributed by atoms with Crippen LogP contribution in [0.1, 0.15) is 41.7 Å². The van der Waals surface area contributed by atoms with Crippen molar-refractivity contribution in [2.45, 2.75) is 38.3 Å². The molecule has 2 aromatic heterocycles. The van der Waals surface area contributed by atoms with Gasteiger partial charge < -0.3 is 5.32 Å². The molecule has 2 aliphatic rings. The molecular weight excluding hydrogens is 320 g/mol. The highest BCUT2D eigenvalue weighted by atomic mass is 32.1. The molecule has 4 rings (SSSR count). The summed E-state index contributed by atoms with van der Waals surface area (Å²) in [4.78, 5) is 22.9. The molecule has 2 aromatic rings. The fourth-order valence-corrected chi connectivity index (χ4v) is 4.63. The molecule has 6 heteroatoms. The molecule has 1 amide bonds. The molecule has 3 heterocycles. The first-order chi connectivity index (χ1) is 11.8. The Labute approximate surface area is 146 Å². The lowest BCUT2D eigenvalue weighted by Crippen LogP contribution is -2.59. The van der Waals surface area contributed by atoms with Crippen molar-refractivity contribution in [3.63, 3.8) is 0 Å². The number of hydrogen-bond acceptors (Lipinski definition) is 5. The number of carbonyl (C=O) groups is 1. The van der Waals surface area contributed by atoms with Crippen LogP contribution >= 0.6 is 11.3 Å². The second-order valence-electron chi connectivity index (χ2n) is 6.93. The maximum Gasteiger partial charge on any atom is 0.271 e. The van der Waals surface area contributed by atoms with E-state index in [0.717, 1.165) is 26.1 Å². The van der Waals surface area contributed by atoms with Gasteiger partial charge in [0.05, 0.1) is 6.20 Å². The van der Waals surface area contributed by atoms with Gasteiger partial charge in [-0.2, -0.15) is 11.3 Å². The quantitative estimate of drug-likeness (QED) is 0.928. The van der Waals surface area contributed by atoms with Crippen LogP contribution in [0.5, 0.6) is 0 Å². The van der Waals surface area contributed by atoms with Crippen molar-refractivity contribution in [3.8, 4) is 0 Å². The first kappa shape index (κ1) is 15.7. The zero-order valence-corrected chi connectivity index (χ0v) is 14.5. The molecule has 0 aromatic carbocycles. The summed E-state index contributed by atoms with van der Waals surface area (Å²) in [5, 5.41) is 7.57. The monoisotopic (exact) mass is 342 g/mol. The van der Waals surface area contributed by atoms with Crippen LogP contribution in [0.3, 0.4) is 0 Å². The number of nitrogens with zero attached hydrogens (tertiary/aromatic N) is 3.